The predicted molar refractivity (Wildman–Crippen MR) is 133 cm³/mol. The average Bonchev–Trinajstić information content (AvgIpc) is 3.19. The average molecular weight is 492 g/mol. The van der Waals surface area contributed by atoms with Crippen LogP contribution in [0, 0.1) is 12.8 Å². The van der Waals surface area contributed by atoms with Crippen molar-refractivity contribution >= 4 is 23.1 Å². The van der Waals surface area contributed by atoms with Crippen LogP contribution < -0.4 is 15.4 Å². The third kappa shape index (κ3) is 9.33. The molecule has 1 aromatic carbocycles. The molecule has 0 aliphatic heterocycles. The number of allylic oxidation sites excluding steroid dienone is 2. The van der Waals surface area contributed by atoms with Gasteiger partial charge >= 0.3 is 6.36 Å². The fourth-order valence-electron chi connectivity index (χ4n) is 3.20. The number of halogens is 3. The molecule has 0 bridgehead atoms. The van der Waals surface area contributed by atoms with Crippen molar-refractivity contribution in [2.75, 3.05) is 34.4 Å². The molecule has 3 rings (SSSR count). The number of nitrogens with zero attached hydrogens (tertiary/aromatic N) is 3. The Kier molecular flexibility index (Phi) is 12.4. The van der Waals surface area contributed by atoms with E-state index in [2.05, 4.69) is 76.0 Å². The van der Waals surface area contributed by atoms with Crippen molar-refractivity contribution in [2.45, 2.75) is 33.1 Å². The standard InChI is InChI=1S/C22H27N3O2.C2H3F3O.C2H2/c1-16-19(18-10-6-5-7-11-18)12-8-13-20-21(16)22(24-27-20)26-15-9-14-25(4)17(2)23-3;1-6-2(3,4)5;1-2/h5-7,10-13H,8-9,14-15H2,1-4H3;1H3;1-2H. The van der Waals surface area contributed by atoms with Gasteiger partial charge in [-0.05, 0) is 54.6 Å². The van der Waals surface area contributed by atoms with Crippen molar-refractivity contribution in [2.24, 2.45) is 4.99 Å². The van der Waals surface area contributed by atoms with Gasteiger partial charge in [0.15, 0.2) is 5.42 Å². The van der Waals surface area contributed by atoms with E-state index >= 15 is 0 Å². The number of ether oxygens (including phenoxy) is 2. The molecule has 6 nitrogen and oxygen atoms in total. The van der Waals surface area contributed by atoms with Gasteiger partial charge in [0.1, 0.15) is 0 Å². The lowest BCUT2D eigenvalue weighted by Gasteiger charge is -2.17. The summed E-state index contributed by atoms with van der Waals surface area (Å²) in [5.41, 5.74) is 4.32. The first-order valence-corrected chi connectivity index (χ1v) is 10.8. The highest BCUT2D eigenvalue weighted by atomic mass is 19.4. The summed E-state index contributed by atoms with van der Waals surface area (Å²) < 4.78 is 46.1. The highest BCUT2D eigenvalue weighted by Gasteiger charge is 2.25. The Labute approximate surface area is 204 Å². The van der Waals surface area contributed by atoms with E-state index in [1.165, 1.54) is 11.1 Å². The van der Waals surface area contributed by atoms with Gasteiger partial charge in [0.2, 0.25) is 0 Å². The van der Waals surface area contributed by atoms with Crippen LogP contribution in [0.1, 0.15) is 32.3 Å². The van der Waals surface area contributed by atoms with Gasteiger partial charge in [-0.3, -0.25) is 9.73 Å². The van der Waals surface area contributed by atoms with Crippen molar-refractivity contribution in [1.29, 1.82) is 0 Å². The molecule has 0 atom stereocenters. The highest BCUT2D eigenvalue weighted by Crippen LogP contribution is 2.25. The molecule has 0 fully saturated rings. The van der Waals surface area contributed by atoms with E-state index in [1.807, 2.05) is 20.0 Å². The number of aromatic nitrogens is 1. The molecule has 190 valence electrons. The molecule has 0 radical (unpaired) electrons. The minimum absolute atomic E-state index is 0.575. The largest absolute Gasteiger partial charge is 0.522 e. The first kappa shape index (κ1) is 29.5. The second-order valence-electron chi connectivity index (χ2n) is 7.32. The molecule has 1 aliphatic rings. The molecule has 9 heteroatoms. The number of hydrogen-bond acceptors (Lipinski definition) is 5. The number of fused-ring (bicyclic) bond motifs is 1. The van der Waals surface area contributed by atoms with Crippen LogP contribution in [0.5, 0.6) is 5.88 Å². The lowest BCUT2D eigenvalue weighted by Crippen LogP contribution is -2.27. The van der Waals surface area contributed by atoms with Crippen LogP contribution in [0.3, 0.4) is 0 Å². The van der Waals surface area contributed by atoms with Crippen LogP contribution in [0.2, 0.25) is 0 Å². The topological polar surface area (TPSA) is 60.1 Å². The Morgan fingerprint density at radius 3 is 2.40 bits per heavy atom. The molecule has 1 heterocycles. The van der Waals surface area contributed by atoms with E-state index in [4.69, 9.17) is 9.26 Å². The first-order chi connectivity index (χ1) is 16.7. The lowest BCUT2D eigenvalue weighted by atomic mass is 9.97. The molecule has 0 unspecified atom stereocenters. The summed E-state index contributed by atoms with van der Waals surface area (Å²) in [6.45, 7) is 5.57. The van der Waals surface area contributed by atoms with Crippen LogP contribution in [0.15, 0.2) is 45.9 Å². The van der Waals surface area contributed by atoms with Gasteiger partial charge in [-0.2, -0.15) is 0 Å². The Hall–Kier alpha value is -3.51. The van der Waals surface area contributed by atoms with Crippen LogP contribution in [-0.4, -0.2) is 56.6 Å². The zero-order valence-electron chi connectivity index (χ0n) is 20.7. The SMILES string of the molecule is C#C.CN=C(C)N(C)CCCOc1noc2c1=C(C)C(c1ccccc1)=CCC=2.COC(F)(F)F. The maximum absolute atomic E-state index is 10.6. The summed E-state index contributed by atoms with van der Waals surface area (Å²) >= 11 is 0. The van der Waals surface area contributed by atoms with Crippen LogP contribution in [0.25, 0.3) is 17.2 Å². The van der Waals surface area contributed by atoms with Crippen molar-refractivity contribution in [3.63, 3.8) is 0 Å². The molecular formula is C26H32F3N3O3. The minimum Gasteiger partial charge on any atom is -0.475 e. The normalized spacial score (nSPS) is 13.0. The minimum atomic E-state index is -4.46. The Balaban J connectivity index is 0.000000670. The van der Waals surface area contributed by atoms with E-state index in [1.54, 1.807) is 7.05 Å². The number of hydrogen-bond donors (Lipinski definition) is 0. The van der Waals surface area contributed by atoms with Crippen molar-refractivity contribution in [3.8, 4) is 18.7 Å². The van der Waals surface area contributed by atoms with E-state index in [0.717, 1.165) is 41.4 Å². The van der Waals surface area contributed by atoms with E-state index in [-0.39, 0.29) is 0 Å². The third-order valence-electron chi connectivity index (χ3n) is 5.16. The highest BCUT2D eigenvalue weighted by molar-refractivity contribution is 5.97. The fraction of sp³-hybridized carbons (Fsp3) is 0.385. The van der Waals surface area contributed by atoms with Crippen LogP contribution in [0.4, 0.5) is 13.2 Å². The summed E-state index contributed by atoms with van der Waals surface area (Å²) in [5, 5.41) is 5.13. The first-order valence-electron chi connectivity index (χ1n) is 10.8. The molecule has 1 aliphatic carbocycles. The number of rotatable bonds is 6. The van der Waals surface area contributed by atoms with Gasteiger partial charge in [0.05, 0.1) is 17.7 Å². The predicted octanol–water partition coefficient (Wildman–Crippen LogP) is 4.26. The zero-order chi connectivity index (χ0) is 26.4. The van der Waals surface area contributed by atoms with Crippen LogP contribution in [-0.2, 0) is 4.74 Å². The summed E-state index contributed by atoms with van der Waals surface area (Å²) in [6.07, 6.45) is 9.52. The summed E-state index contributed by atoms with van der Waals surface area (Å²) in [6, 6.07) is 10.4. The number of aliphatic imine (C=N–C) groups is 1. The van der Waals surface area contributed by atoms with Gasteiger partial charge in [-0.25, -0.2) is 0 Å². The molecule has 1 aromatic heterocycles. The Morgan fingerprint density at radius 2 is 1.83 bits per heavy atom. The molecule has 0 amide bonds. The monoisotopic (exact) mass is 491 g/mol. The molecule has 0 saturated heterocycles. The molecule has 35 heavy (non-hydrogen) atoms. The molecule has 2 aromatic rings. The smallest absolute Gasteiger partial charge is 0.475 e. The van der Waals surface area contributed by atoms with Crippen LogP contribution >= 0.6 is 0 Å². The van der Waals surface area contributed by atoms with Crippen molar-refractivity contribution in [3.05, 3.63) is 52.6 Å². The van der Waals surface area contributed by atoms with Gasteiger partial charge in [-0.1, -0.05) is 36.4 Å². The van der Waals surface area contributed by atoms with Gasteiger partial charge in [0, 0.05) is 27.7 Å². The number of alkyl halides is 3. The van der Waals surface area contributed by atoms with E-state index in [9.17, 15) is 13.2 Å². The summed E-state index contributed by atoms with van der Waals surface area (Å²) in [5.74, 6) is 1.59. The molecule has 0 saturated carbocycles. The van der Waals surface area contributed by atoms with Gasteiger partial charge < -0.3 is 14.2 Å². The molecule has 0 N–H and O–H groups in total. The maximum Gasteiger partial charge on any atom is 0.522 e. The second-order valence-corrected chi connectivity index (χ2v) is 7.32. The van der Waals surface area contributed by atoms with Crippen molar-refractivity contribution in [1.82, 2.24) is 10.1 Å². The molecule has 0 spiro atoms. The quantitative estimate of drug-likeness (QED) is 0.262. The third-order valence-corrected chi connectivity index (χ3v) is 5.16. The lowest BCUT2D eigenvalue weighted by molar-refractivity contribution is -0.311. The zero-order valence-corrected chi connectivity index (χ0v) is 20.7. The molecular weight excluding hydrogens is 459 g/mol. The van der Waals surface area contributed by atoms with E-state index in [0.29, 0.717) is 19.6 Å². The van der Waals surface area contributed by atoms with Gasteiger partial charge in [-0.15, -0.1) is 26.0 Å². The second kappa shape index (κ2) is 14.7. The number of amidine groups is 1. The summed E-state index contributed by atoms with van der Waals surface area (Å²) in [7, 11) is 4.42. The number of benzene rings is 1. The van der Waals surface area contributed by atoms with E-state index < -0.39 is 6.36 Å². The number of terminal acetylenes is 1. The van der Waals surface area contributed by atoms with Crippen molar-refractivity contribution < 1.29 is 27.2 Å². The Bertz CT molecular complexity index is 1120. The number of methoxy groups -OCH3 is 1. The maximum atomic E-state index is 10.6. The van der Waals surface area contributed by atoms with Gasteiger partial charge in [0.25, 0.3) is 5.88 Å². The summed E-state index contributed by atoms with van der Waals surface area (Å²) in [4.78, 5) is 6.31. The fourth-order valence-corrected chi connectivity index (χ4v) is 3.20. The Morgan fingerprint density at radius 1 is 1.20 bits per heavy atom.